The van der Waals surface area contributed by atoms with Crippen molar-refractivity contribution in [2.24, 2.45) is 0 Å². The van der Waals surface area contributed by atoms with Crippen LogP contribution in [-0.4, -0.2) is 58.0 Å². The van der Waals surface area contributed by atoms with Gasteiger partial charge in [-0.15, -0.1) is 0 Å². The Balaban J connectivity index is 1.42. The van der Waals surface area contributed by atoms with Crippen molar-refractivity contribution in [2.45, 2.75) is 38.6 Å². The summed E-state index contributed by atoms with van der Waals surface area (Å²) in [5.74, 6) is 0.976. The lowest BCUT2D eigenvalue weighted by atomic mass is 10.0. The molecule has 0 bridgehead atoms. The van der Waals surface area contributed by atoms with Gasteiger partial charge in [0.1, 0.15) is 11.8 Å². The number of carbonyl (C=O) groups excluding carboxylic acids is 2. The van der Waals surface area contributed by atoms with E-state index in [2.05, 4.69) is 10.1 Å². The maximum Gasteiger partial charge on any atom is 0.260 e. The van der Waals surface area contributed by atoms with E-state index in [4.69, 9.17) is 32.5 Å². The lowest BCUT2D eigenvalue weighted by molar-refractivity contribution is -0.144. The van der Waals surface area contributed by atoms with Gasteiger partial charge < -0.3 is 19.1 Å². The number of benzene rings is 2. The smallest absolute Gasteiger partial charge is 0.260 e. The third kappa shape index (κ3) is 6.56. The van der Waals surface area contributed by atoms with Crippen molar-refractivity contribution >= 4 is 35.0 Å². The molecule has 0 N–H and O–H groups in total. The van der Waals surface area contributed by atoms with Crippen LogP contribution < -0.4 is 4.74 Å². The van der Waals surface area contributed by atoms with Crippen LogP contribution in [0.2, 0.25) is 10.0 Å². The van der Waals surface area contributed by atoms with E-state index in [1.54, 1.807) is 41.3 Å². The van der Waals surface area contributed by atoms with E-state index < -0.39 is 0 Å². The van der Waals surface area contributed by atoms with Crippen LogP contribution >= 0.6 is 23.2 Å². The van der Waals surface area contributed by atoms with Gasteiger partial charge in [-0.3, -0.25) is 9.59 Å². The molecule has 3 aromatic rings. The van der Waals surface area contributed by atoms with Gasteiger partial charge in [-0.25, -0.2) is 0 Å². The van der Waals surface area contributed by atoms with E-state index in [9.17, 15) is 9.59 Å². The van der Waals surface area contributed by atoms with Gasteiger partial charge in [0.05, 0.1) is 6.54 Å². The van der Waals surface area contributed by atoms with Crippen molar-refractivity contribution in [2.75, 3.05) is 26.2 Å². The molecule has 0 radical (unpaired) electrons. The standard InChI is InChI=1S/C26H28Cl2N4O4/c1-2-14-31(24(34)17-35-21-12-10-20(28)11-13-21)16-23(33)32-15-4-3-5-22(32)26-29-25(30-36-26)18-6-8-19(27)9-7-18/h6-13,22H,2-5,14-17H2,1H3. The van der Waals surface area contributed by atoms with Crippen LogP contribution in [0.4, 0.5) is 0 Å². The molecule has 1 atom stereocenters. The summed E-state index contributed by atoms with van der Waals surface area (Å²) in [5.41, 5.74) is 0.781. The molecule has 1 saturated heterocycles. The molecule has 4 rings (SSSR count). The number of hydrogen-bond donors (Lipinski definition) is 0. The Hall–Kier alpha value is -3.10. The molecular formula is C26H28Cl2N4O4. The first-order valence-electron chi connectivity index (χ1n) is 12.0. The second kappa shape index (κ2) is 12.2. The average molecular weight is 531 g/mol. The summed E-state index contributed by atoms with van der Waals surface area (Å²) in [5, 5.41) is 5.31. The van der Waals surface area contributed by atoms with Crippen molar-refractivity contribution in [3.8, 4) is 17.1 Å². The number of rotatable bonds is 9. The van der Waals surface area contributed by atoms with E-state index in [1.807, 2.05) is 19.1 Å². The maximum atomic E-state index is 13.4. The predicted octanol–water partition coefficient (Wildman–Crippen LogP) is 5.41. The van der Waals surface area contributed by atoms with E-state index in [0.29, 0.717) is 40.6 Å². The lowest BCUT2D eigenvalue weighted by Gasteiger charge is -2.35. The fourth-order valence-corrected chi connectivity index (χ4v) is 4.41. The zero-order valence-corrected chi connectivity index (χ0v) is 21.5. The zero-order chi connectivity index (χ0) is 25.5. The normalized spacial score (nSPS) is 15.5. The van der Waals surface area contributed by atoms with Crippen LogP contribution in [0.5, 0.6) is 5.75 Å². The van der Waals surface area contributed by atoms with Crippen LogP contribution in [0.3, 0.4) is 0 Å². The molecule has 2 aromatic carbocycles. The zero-order valence-electron chi connectivity index (χ0n) is 20.0. The summed E-state index contributed by atoms with van der Waals surface area (Å²) >= 11 is 11.9. The molecule has 1 fully saturated rings. The highest BCUT2D eigenvalue weighted by Gasteiger charge is 2.33. The molecule has 0 aliphatic carbocycles. The SMILES string of the molecule is CCCN(CC(=O)N1CCCCC1c1nc(-c2ccc(Cl)cc2)no1)C(=O)COc1ccc(Cl)cc1. The van der Waals surface area contributed by atoms with Crippen LogP contribution in [0.25, 0.3) is 11.4 Å². The van der Waals surface area contributed by atoms with Crippen molar-refractivity contribution in [1.82, 2.24) is 19.9 Å². The number of aromatic nitrogens is 2. The highest BCUT2D eigenvalue weighted by atomic mass is 35.5. The number of likely N-dealkylation sites (tertiary alicyclic amines) is 1. The molecule has 0 saturated carbocycles. The van der Waals surface area contributed by atoms with Crippen LogP contribution in [0.1, 0.15) is 44.5 Å². The Morgan fingerprint density at radius 3 is 2.47 bits per heavy atom. The third-order valence-corrected chi connectivity index (χ3v) is 6.50. The quantitative estimate of drug-likeness (QED) is 0.367. The molecule has 0 spiro atoms. The monoisotopic (exact) mass is 530 g/mol. The molecule has 1 aromatic heterocycles. The Bertz CT molecular complexity index is 1170. The Morgan fingerprint density at radius 2 is 1.78 bits per heavy atom. The van der Waals surface area contributed by atoms with E-state index in [-0.39, 0.29) is 31.0 Å². The molecule has 2 amide bonds. The number of nitrogens with zero attached hydrogens (tertiary/aromatic N) is 4. The number of carbonyl (C=O) groups is 2. The van der Waals surface area contributed by atoms with Gasteiger partial charge in [-0.2, -0.15) is 4.98 Å². The highest BCUT2D eigenvalue weighted by molar-refractivity contribution is 6.30. The third-order valence-electron chi connectivity index (χ3n) is 6.00. The van der Waals surface area contributed by atoms with E-state index in [1.165, 1.54) is 4.90 Å². The van der Waals surface area contributed by atoms with Gasteiger partial charge in [0, 0.05) is 28.7 Å². The Morgan fingerprint density at radius 1 is 1.08 bits per heavy atom. The van der Waals surface area contributed by atoms with Crippen LogP contribution in [0, 0.1) is 0 Å². The number of hydrogen-bond acceptors (Lipinski definition) is 6. The second-order valence-corrected chi connectivity index (χ2v) is 9.49. The Kier molecular flexibility index (Phi) is 8.83. The van der Waals surface area contributed by atoms with Crippen molar-refractivity contribution in [3.05, 3.63) is 64.5 Å². The van der Waals surface area contributed by atoms with E-state index >= 15 is 0 Å². The summed E-state index contributed by atoms with van der Waals surface area (Å²) < 4.78 is 11.2. The molecule has 190 valence electrons. The minimum Gasteiger partial charge on any atom is -0.484 e. The number of piperidine rings is 1. The largest absolute Gasteiger partial charge is 0.484 e. The highest BCUT2D eigenvalue weighted by Crippen LogP contribution is 2.31. The van der Waals surface area contributed by atoms with Gasteiger partial charge in [-0.05, 0) is 74.2 Å². The van der Waals surface area contributed by atoms with Gasteiger partial charge in [0.25, 0.3) is 5.91 Å². The van der Waals surface area contributed by atoms with Crippen LogP contribution in [0.15, 0.2) is 53.1 Å². The molecule has 1 unspecified atom stereocenters. The fraction of sp³-hybridized carbons (Fsp3) is 0.385. The minimum atomic E-state index is -0.330. The molecule has 2 heterocycles. The Labute approximate surface area is 220 Å². The number of ether oxygens (including phenoxy) is 1. The summed E-state index contributed by atoms with van der Waals surface area (Å²) in [4.78, 5) is 34.1. The molecule has 8 nitrogen and oxygen atoms in total. The summed E-state index contributed by atoms with van der Waals surface area (Å²) in [6, 6.07) is 13.6. The molecule has 36 heavy (non-hydrogen) atoms. The second-order valence-electron chi connectivity index (χ2n) is 8.62. The topological polar surface area (TPSA) is 88.8 Å². The molecule has 1 aliphatic heterocycles. The number of halogens is 2. The minimum absolute atomic E-state index is 0.0364. The van der Waals surface area contributed by atoms with Crippen molar-refractivity contribution in [3.63, 3.8) is 0 Å². The summed E-state index contributed by atoms with van der Waals surface area (Å²) in [6.45, 7) is 2.79. The first-order valence-corrected chi connectivity index (χ1v) is 12.8. The van der Waals surface area contributed by atoms with Gasteiger partial charge in [0.15, 0.2) is 6.61 Å². The first-order chi connectivity index (χ1) is 17.4. The number of amides is 2. The summed E-state index contributed by atoms with van der Waals surface area (Å²) in [7, 11) is 0. The molecule has 1 aliphatic rings. The fourth-order valence-electron chi connectivity index (χ4n) is 4.16. The average Bonchev–Trinajstić information content (AvgIpc) is 3.38. The first kappa shape index (κ1) is 26.0. The molecule has 10 heteroatoms. The van der Waals surface area contributed by atoms with Crippen molar-refractivity contribution < 1.29 is 18.8 Å². The maximum absolute atomic E-state index is 13.4. The molecular weight excluding hydrogens is 503 g/mol. The predicted molar refractivity (Wildman–Crippen MR) is 137 cm³/mol. The lowest BCUT2D eigenvalue weighted by Crippen LogP contribution is -2.47. The summed E-state index contributed by atoms with van der Waals surface area (Å²) in [6.07, 6.45) is 3.26. The van der Waals surface area contributed by atoms with E-state index in [0.717, 1.165) is 31.2 Å². The van der Waals surface area contributed by atoms with Gasteiger partial charge >= 0.3 is 0 Å². The van der Waals surface area contributed by atoms with Gasteiger partial charge in [-0.1, -0.05) is 35.3 Å². The van der Waals surface area contributed by atoms with Gasteiger partial charge in [0.2, 0.25) is 17.6 Å². The van der Waals surface area contributed by atoms with Crippen molar-refractivity contribution in [1.29, 1.82) is 0 Å². The van der Waals surface area contributed by atoms with Crippen LogP contribution in [-0.2, 0) is 9.59 Å².